The van der Waals surface area contributed by atoms with Gasteiger partial charge in [0.1, 0.15) is 5.75 Å². The Bertz CT molecular complexity index is 560. The lowest BCUT2D eigenvalue weighted by molar-refractivity contribution is 0.485. The van der Waals surface area contributed by atoms with Crippen LogP contribution < -0.4 is 15.8 Å². The van der Waals surface area contributed by atoms with E-state index < -0.39 is 0 Å². The molecule has 0 fully saturated rings. The van der Waals surface area contributed by atoms with Crippen molar-refractivity contribution in [2.24, 2.45) is 5.73 Å². The van der Waals surface area contributed by atoms with E-state index in [1.165, 1.54) is 0 Å². The molecule has 0 saturated heterocycles. The van der Waals surface area contributed by atoms with Crippen molar-refractivity contribution in [3.63, 3.8) is 0 Å². The fraction of sp³-hybridized carbons (Fsp3) is 0. The highest BCUT2D eigenvalue weighted by Crippen LogP contribution is 2.32. The second kappa shape index (κ2) is 5.71. The standard InChI is InChI=1S/C13H11ClN2OS/c14-9-6-7-11(16-13(15)18)12(8-9)17-10-4-2-1-3-5-10/h1-8H,(H3,15,16,18). The Morgan fingerprint density at radius 1 is 1.17 bits per heavy atom. The van der Waals surface area contributed by atoms with Crippen molar-refractivity contribution in [2.45, 2.75) is 0 Å². The van der Waals surface area contributed by atoms with Crippen LogP contribution in [0, 0.1) is 0 Å². The van der Waals surface area contributed by atoms with Crippen molar-refractivity contribution in [3.8, 4) is 11.5 Å². The third-order valence-corrected chi connectivity index (χ3v) is 2.51. The van der Waals surface area contributed by atoms with E-state index in [1.807, 2.05) is 30.3 Å². The fourth-order valence-corrected chi connectivity index (χ4v) is 1.70. The molecule has 0 radical (unpaired) electrons. The molecule has 2 aromatic carbocycles. The molecule has 0 bridgehead atoms. The maximum atomic E-state index is 5.95. The molecule has 0 spiro atoms. The number of nitrogens with two attached hydrogens (primary N) is 1. The molecule has 2 rings (SSSR count). The molecule has 0 atom stereocenters. The zero-order valence-electron chi connectivity index (χ0n) is 9.39. The fourth-order valence-electron chi connectivity index (χ4n) is 1.43. The van der Waals surface area contributed by atoms with Gasteiger partial charge in [-0.25, -0.2) is 0 Å². The van der Waals surface area contributed by atoms with Crippen molar-refractivity contribution in [3.05, 3.63) is 53.6 Å². The average Bonchev–Trinajstić information content (AvgIpc) is 2.33. The summed E-state index contributed by atoms with van der Waals surface area (Å²) in [5.41, 5.74) is 6.13. The summed E-state index contributed by atoms with van der Waals surface area (Å²) in [6, 6.07) is 14.6. The summed E-state index contributed by atoms with van der Waals surface area (Å²) >= 11 is 10.8. The van der Waals surface area contributed by atoms with Gasteiger partial charge in [0.15, 0.2) is 10.9 Å². The molecule has 0 unspecified atom stereocenters. The minimum absolute atomic E-state index is 0.176. The molecule has 0 aliphatic rings. The molecule has 0 aromatic heterocycles. The number of halogens is 1. The summed E-state index contributed by atoms with van der Waals surface area (Å²) in [6.07, 6.45) is 0. The van der Waals surface area contributed by atoms with Gasteiger partial charge >= 0.3 is 0 Å². The number of para-hydroxylation sites is 1. The maximum absolute atomic E-state index is 5.95. The van der Waals surface area contributed by atoms with Crippen LogP contribution in [0.4, 0.5) is 5.69 Å². The van der Waals surface area contributed by atoms with Crippen molar-refractivity contribution in [2.75, 3.05) is 5.32 Å². The third kappa shape index (κ3) is 3.35. The Morgan fingerprint density at radius 3 is 2.56 bits per heavy atom. The van der Waals surface area contributed by atoms with Gasteiger partial charge in [-0.3, -0.25) is 0 Å². The zero-order valence-corrected chi connectivity index (χ0v) is 11.0. The minimum atomic E-state index is 0.176. The van der Waals surface area contributed by atoms with Crippen LogP contribution in [0.25, 0.3) is 0 Å². The van der Waals surface area contributed by atoms with Crippen LogP contribution in [-0.2, 0) is 0 Å². The van der Waals surface area contributed by atoms with Gasteiger partial charge in [0.2, 0.25) is 0 Å². The first-order valence-corrected chi connectivity index (χ1v) is 6.02. The second-order valence-corrected chi connectivity index (χ2v) is 4.42. The normalized spacial score (nSPS) is 9.83. The Kier molecular flexibility index (Phi) is 4.02. The highest BCUT2D eigenvalue weighted by atomic mass is 35.5. The summed E-state index contributed by atoms with van der Waals surface area (Å²) in [4.78, 5) is 0. The van der Waals surface area contributed by atoms with Crippen LogP contribution in [0.1, 0.15) is 0 Å². The van der Waals surface area contributed by atoms with E-state index in [0.717, 1.165) is 0 Å². The Morgan fingerprint density at radius 2 is 1.89 bits per heavy atom. The first-order chi connectivity index (χ1) is 8.65. The Hall–Kier alpha value is -1.78. The molecule has 2 aromatic rings. The monoisotopic (exact) mass is 278 g/mol. The van der Waals surface area contributed by atoms with E-state index >= 15 is 0 Å². The lowest BCUT2D eigenvalue weighted by Gasteiger charge is -2.12. The van der Waals surface area contributed by atoms with Crippen molar-refractivity contribution >= 4 is 34.6 Å². The van der Waals surface area contributed by atoms with Crippen LogP contribution in [0.5, 0.6) is 11.5 Å². The maximum Gasteiger partial charge on any atom is 0.168 e. The van der Waals surface area contributed by atoms with Crippen LogP contribution in [0.2, 0.25) is 5.02 Å². The summed E-state index contributed by atoms with van der Waals surface area (Å²) in [5, 5.41) is 3.60. The van der Waals surface area contributed by atoms with E-state index in [4.69, 9.17) is 34.3 Å². The lowest BCUT2D eigenvalue weighted by atomic mass is 10.3. The largest absolute Gasteiger partial charge is 0.455 e. The van der Waals surface area contributed by atoms with Gasteiger partial charge in [-0.05, 0) is 36.5 Å². The van der Waals surface area contributed by atoms with Gasteiger partial charge in [0, 0.05) is 11.1 Å². The van der Waals surface area contributed by atoms with Crippen molar-refractivity contribution in [1.82, 2.24) is 0 Å². The molecule has 3 N–H and O–H groups in total. The van der Waals surface area contributed by atoms with Gasteiger partial charge in [-0.15, -0.1) is 0 Å². The quantitative estimate of drug-likeness (QED) is 0.839. The average molecular weight is 279 g/mol. The van der Waals surface area contributed by atoms with E-state index in [-0.39, 0.29) is 5.11 Å². The van der Waals surface area contributed by atoms with E-state index in [0.29, 0.717) is 22.2 Å². The van der Waals surface area contributed by atoms with Gasteiger partial charge in [0.05, 0.1) is 5.69 Å². The van der Waals surface area contributed by atoms with Crippen LogP contribution in [0.3, 0.4) is 0 Å². The molecular weight excluding hydrogens is 268 g/mol. The molecule has 0 aliphatic carbocycles. The van der Waals surface area contributed by atoms with E-state index in [1.54, 1.807) is 18.2 Å². The van der Waals surface area contributed by atoms with Gasteiger partial charge in [-0.2, -0.15) is 0 Å². The molecule has 92 valence electrons. The summed E-state index contributed by atoms with van der Waals surface area (Å²) in [6.45, 7) is 0. The zero-order chi connectivity index (χ0) is 13.0. The Balaban J connectivity index is 2.30. The SMILES string of the molecule is NC(=S)Nc1ccc(Cl)cc1Oc1ccccc1. The second-order valence-electron chi connectivity index (χ2n) is 3.54. The third-order valence-electron chi connectivity index (χ3n) is 2.17. The molecule has 0 aliphatic heterocycles. The minimum Gasteiger partial charge on any atom is -0.455 e. The lowest BCUT2D eigenvalue weighted by Crippen LogP contribution is -2.19. The number of hydrogen-bond acceptors (Lipinski definition) is 2. The number of benzene rings is 2. The summed E-state index contributed by atoms with van der Waals surface area (Å²) in [7, 11) is 0. The molecule has 0 heterocycles. The summed E-state index contributed by atoms with van der Waals surface area (Å²) < 4.78 is 5.73. The predicted octanol–water partition coefficient (Wildman–Crippen LogP) is 3.79. The number of rotatable bonds is 3. The molecule has 5 heteroatoms. The van der Waals surface area contributed by atoms with Gasteiger partial charge in [-0.1, -0.05) is 29.8 Å². The van der Waals surface area contributed by atoms with Crippen LogP contribution in [-0.4, -0.2) is 5.11 Å². The number of nitrogens with one attached hydrogen (secondary N) is 1. The predicted molar refractivity (Wildman–Crippen MR) is 78.4 cm³/mol. The Labute approximate surface area is 116 Å². The van der Waals surface area contributed by atoms with Crippen LogP contribution >= 0.6 is 23.8 Å². The number of thiocarbonyl (C=S) groups is 1. The molecular formula is C13H11ClN2OS. The summed E-state index contributed by atoms with van der Waals surface area (Å²) in [5.74, 6) is 1.28. The number of hydrogen-bond donors (Lipinski definition) is 2. The number of ether oxygens (including phenoxy) is 1. The van der Waals surface area contributed by atoms with Crippen molar-refractivity contribution < 1.29 is 4.74 Å². The molecule has 0 saturated carbocycles. The molecule has 3 nitrogen and oxygen atoms in total. The first kappa shape index (κ1) is 12.7. The topological polar surface area (TPSA) is 47.3 Å². The van der Waals surface area contributed by atoms with Crippen LogP contribution in [0.15, 0.2) is 48.5 Å². The highest BCUT2D eigenvalue weighted by molar-refractivity contribution is 7.80. The van der Waals surface area contributed by atoms with E-state index in [9.17, 15) is 0 Å². The van der Waals surface area contributed by atoms with Gasteiger partial charge < -0.3 is 15.8 Å². The highest BCUT2D eigenvalue weighted by Gasteiger charge is 2.06. The first-order valence-electron chi connectivity index (χ1n) is 5.24. The molecule has 0 amide bonds. The van der Waals surface area contributed by atoms with Crippen molar-refractivity contribution in [1.29, 1.82) is 0 Å². The van der Waals surface area contributed by atoms with E-state index in [2.05, 4.69) is 5.32 Å². The molecule has 18 heavy (non-hydrogen) atoms. The smallest absolute Gasteiger partial charge is 0.168 e. The van der Waals surface area contributed by atoms with Gasteiger partial charge in [0.25, 0.3) is 0 Å². The number of anilines is 1.